The molecule has 0 aliphatic heterocycles. The van der Waals surface area contributed by atoms with Gasteiger partial charge in [0, 0.05) is 11.9 Å². The lowest BCUT2D eigenvalue weighted by Gasteiger charge is -2.17. The van der Waals surface area contributed by atoms with E-state index in [1.165, 1.54) is 12.1 Å². The van der Waals surface area contributed by atoms with Crippen molar-refractivity contribution in [3.63, 3.8) is 0 Å². The average molecular weight is 364 g/mol. The normalized spacial score (nSPS) is 17.2. The first-order valence-electron chi connectivity index (χ1n) is 6.62. The molecule has 1 aliphatic rings. The Labute approximate surface area is 128 Å². The van der Waals surface area contributed by atoms with Crippen molar-refractivity contribution in [3.05, 3.63) is 29.1 Å². The third-order valence-electron chi connectivity index (χ3n) is 3.91. The van der Waals surface area contributed by atoms with Gasteiger partial charge in [-0.3, -0.25) is 0 Å². The van der Waals surface area contributed by atoms with Gasteiger partial charge in [0.2, 0.25) is 10.0 Å². The number of hydrogen-bond acceptors (Lipinski definition) is 2. The van der Waals surface area contributed by atoms with Crippen molar-refractivity contribution in [1.29, 1.82) is 0 Å². The first-order chi connectivity index (χ1) is 9.30. The van der Waals surface area contributed by atoms with Gasteiger partial charge >= 0.3 is 0 Å². The highest BCUT2D eigenvalue weighted by molar-refractivity contribution is 9.09. The summed E-state index contributed by atoms with van der Waals surface area (Å²) >= 11 is 3.40. The molecule has 1 aromatic carbocycles. The minimum atomic E-state index is -3.58. The summed E-state index contributed by atoms with van der Waals surface area (Å²) in [7, 11) is -3.58. The van der Waals surface area contributed by atoms with E-state index < -0.39 is 15.8 Å². The molecule has 0 atom stereocenters. The predicted octanol–water partition coefficient (Wildman–Crippen LogP) is 3.29. The fourth-order valence-electron chi connectivity index (χ4n) is 2.53. The minimum Gasteiger partial charge on any atom is -0.211 e. The molecule has 1 saturated carbocycles. The van der Waals surface area contributed by atoms with Crippen LogP contribution in [0.25, 0.3) is 0 Å². The molecule has 1 aliphatic carbocycles. The Kier molecular flexibility index (Phi) is 4.56. The maximum Gasteiger partial charge on any atom is 0.241 e. The van der Waals surface area contributed by atoms with Gasteiger partial charge in [0.1, 0.15) is 5.82 Å². The monoisotopic (exact) mass is 363 g/mol. The summed E-state index contributed by atoms with van der Waals surface area (Å²) in [6.45, 7) is 3.70. The van der Waals surface area contributed by atoms with Gasteiger partial charge in [-0.1, -0.05) is 15.9 Å². The number of sulfonamides is 1. The van der Waals surface area contributed by atoms with Crippen molar-refractivity contribution in [2.24, 2.45) is 5.41 Å². The molecule has 6 heteroatoms. The van der Waals surface area contributed by atoms with Crippen LogP contribution in [0.4, 0.5) is 4.39 Å². The molecule has 0 radical (unpaired) electrons. The van der Waals surface area contributed by atoms with Crippen LogP contribution in [0, 0.1) is 25.1 Å². The van der Waals surface area contributed by atoms with Gasteiger partial charge in [-0.25, -0.2) is 17.5 Å². The van der Waals surface area contributed by atoms with Crippen LogP contribution in [0.2, 0.25) is 0 Å². The topological polar surface area (TPSA) is 46.2 Å². The molecular weight excluding hydrogens is 345 g/mol. The molecule has 0 amide bonds. The molecule has 0 heterocycles. The number of nitrogens with one attached hydrogen (secondary N) is 1. The largest absolute Gasteiger partial charge is 0.241 e. The lowest BCUT2D eigenvalue weighted by molar-refractivity contribution is 0.480. The Balaban J connectivity index is 2.19. The van der Waals surface area contributed by atoms with Gasteiger partial charge < -0.3 is 0 Å². The smallest absolute Gasteiger partial charge is 0.211 e. The maximum atomic E-state index is 13.3. The van der Waals surface area contributed by atoms with E-state index in [2.05, 4.69) is 20.7 Å². The van der Waals surface area contributed by atoms with Crippen LogP contribution in [0.3, 0.4) is 0 Å². The number of benzene rings is 1. The Bertz CT molecular complexity index is 589. The number of alkyl halides is 1. The highest BCUT2D eigenvalue weighted by Crippen LogP contribution is 2.48. The highest BCUT2D eigenvalue weighted by atomic mass is 79.9. The summed E-state index contributed by atoms with van der Waals surface area (Å²) < 4.78 is 40.8. The van der Waals surface area contributed by atoms with Crippen LogP contribution in [0.1, 0.15) is 30.4 Å². The summed E-state index contributed by atoms with van der Waals surface area (Å²) in [6.07, 6.45) is 3.09. The van der Waals surface area contributed by atoms with E-state index in [1.807, 2.05) is 0 Å². The second-order valence-electron chi connectivity index (χ2n) is 5.63. The van der Waals surface area contributed by atoms with Gasteiger partial charge in [-0.15, -0.1) is 0 Å². The fraction of sp³-hybridized carbons (Fsp3) is 0.571. The molecule has 1 aromatic rings. The summed E-state index contributed by atoms with van der Waals surface area (Å²) in [6, 6.07) is 2.51. The molecule has 2 rings (SSSR count). The van der Waals surface area contributed by atoms with Crippen LogP contribution in [0.15, 0.2) is 17.0 Å². The number of rotatable bonds is 6. The number of halogens is 2. The van der Waals surface area contributed by atoms with Gasteiger partial charge in [-0.05, 0) is 61.8 Å². The Morgan fingerprint density at radius 1 is 1.30 bits per heavy atom. The molecule has 0 aromatic heterocycles. The van der Waals surface area contributed by atoms with Crippen molar-refractivity contribution < 1.29 is 12.8 Å². The zero-order chi connectivity index (χ0) is 15.0. The summed E-state index contributed by atoms with van der Waals surface area (Å²) in [5.41, 5.74) is 0.999. The van der Waals surface area contributed by atoms with Crippen LogP contribution in [-0.4, -0.2) is 20.3 Å². The molecule has 0 bridgehead atoms. The SMILES string of the molecule is Cc1cc(F)cc(C)c1S(=O)(=O)NCC1(CCBr)CC1. The van der Waals surface area contributed by atoms with Crippen molar-refractivity contribution in [1.82, 2.24) is 4.72 Å². The molecule has 1 N–H and O–H groups in total. The van der Waals surface area contributed by atoms with Gasteiger partial charge in [-0.2, -0.15) is 0 Å². The van der Waals surface area contributed by atoms with E-state index >= 15 is 0 Å². The molecular formula is C14H19BrFNO2S. The Morgan fingerprint density at radius 3 is 2.30 bits per heavy atom. The van der Waals surface area contributed by atoms with E-state index in [9.17, 15) is 12.8 Å². The quantitative estimate of drug-likeness (QED) is 0.788. The maximum absolute atomic E-state index is 13.3. The van der Waals surface area contributed by atoms with Crippen LogP contribution in [-0.2, 0) is 10.0 Å². The van der Waals surface area contributed by atoms with Crippen LogP contribution >= 0.6 is 15.9 Å². The average Bonchev–Trinajstić information content (AvgIpc) is 3.06. The zero-order valence-corrected chi connectivity index (χ0v) is 14.1. The van der Waals surface area contributed by atoms with E-state index in [-0.39, 0.29) is 10.3 Å². The van der Waals surface area contributed by atoms with Gasteiger partial charge in [0.15, 0.2) is 0 Å². The van der Waals surface area contributed by atoms with E-state index in [0.29, 0.717) is 17.7 Å². The highest BCUT2D eigenvalue weighted by Gasteiger charge is 2.42. The van der Waals surface area contributed by atoms with Crippen molar-refractivity contribution >= 4 is 26.0 Å². The second kappa shape index (κ2) is 5.73. The molecule has 1 fully saturated rings. The molecule has 0 saturated heterocycles. The van der Waals surface area contributed by atoms with E-state index in [4.69, 9.17) is 0 Å². The Hall–Kier alpha value is -0.460. The second-order valence-corrected chi connectivity index (χ2v) is 8.13. The van der Waals surface area contributed by atoms with Crippen molar-refractivity contribution in [2.45, 2.75) is 38.0 Å². The molecule has 0 unspecified atom stereocenters. The summed E-state index contributed by atoms with van der Waals surface area (Å²) in [5.74, 6) is -0.406. The first-order valence-corrected chi connectivity index (χ1v) is 9.22. The van der Waals surface area contributed by atoms with Gasteiger partial charge in [0.25, 0.3) is 0 Å². The lowest BCUT2D eigenvalue weighted by atomic mass is 10.1. The molecule has 112 valence electrons. The summed E-state index contributed by atoms with van der Waals surface area (Å²) in [5, 5.41) is 0.878. The standard InChI is InChI=1S/C14H19BrFNO2S/c1-10-7-12(16)8-11(2)13(10)20(18,19)17-9-14(3-4-14)5-6-15/h7-8,17H,3-6,9H2,1-2H3. The van der Waals surface area contributed by atoms with Crippen molar-refractivity contribution in [2.75, 3.05) is 11.9 Å². The van der Waals surface area contributed by atoms with E-state index in [1.54, 1.807) is 13.8 Å². The van der Waals surface area contributed by atoms with Gasteiger partial charge in [0.05, 0.1) is 4.90 Å². The van der Waals surface area contributed by atoms with Crippen LogP contribution < -0.4 is 4.72 Å². The zero-order valence-electron chi connectivity index (χ0n) is 11.7. The lowest BCUT2D eigenvalue weighted by Crippen LogP contribution is -2.31. The van der Waals surface area contributed by atoms with Crippen molar-refractivity contribution in [3.8, 4) is 0 Å². The molecule has 3 nitrogen and oxygen atoms in total. The Morgan fingerprint density at radius 2 is 1.85 bits per heavy atom. The number of hydrogen-bond donors (Lipinski definition) is 1. The molecule has 0 spiro atoms. The summed E-state index contributed by atoms with van der Waals surface area (Å²) in [4.78, 5) is 0.202. The first kappa shape index (κ1) is 15.9. The number of aryl methyl sites for hydroxylation is 2. The van der Waals surface area contributed by atoms with Crippen LogP contribution in [0.5, 0.6) is 0 Å². The van der Waals surface area contributed by atoms with E-state index in [0.717, 1.165) is 24.6 Å². The minimum absolute atomic E-state index is 0.110. The third kappa shape index (κ3) is 3.40. The predicted molar refractivity (Wildman–Crippen MR) is 81.1 cm³/mol. The third-order valence-corrected chi connectivity index (χ3v) is 6.02. The molecule has 20 heavy (non-hydrogen) atoms. The fourth-order valence-corrected chi connectivity index (χ4v) is 4.98.